The van der Waals surface area contributed by atoms with Gasteiger partial charge in [0.25, 0.3) is 0 Å². The monoisotopic (exact) mass is 826 g/mol. The topological polar surface area (TPSA) is 136 Å². The van der Waals surface area contributed by atoms with Gasteiger partial charge in [0.15, 0.2) is 0 Å². The van der Waals surface area contributed by atoms with E-state index >= 15 is 0 Å². The highest BCUT2D eigenvalue weighted by Crippen LogP contribution is 2.43. The highest BCUT2D eigenvalue weighted by atomic mass is 16.7. The lowest BCUT2D eigenvalue weighted by Gasteiger charge is -2.30. The van der Waals surface area contributed by atoms with Crippen LogP contribution in [-0.4, -0.2) is 61.8 Å². The Kier molecular flexibility index (Phi) is 17.3. The number of ether oxygens (including phenoxy) is 6. The van der Waals surface area contributed by atoms with Crippen molar-refractivity contribution in [2.24, 2.45) is 0 Å². The summed E-state index contributed by atoms with van der Waals surface area (Å²) in [6, 6.07) is 7.99. The molecule has 2 rings (SSSR count). The van der Waals surface area contributed by atoms with Crippen LogP contribution >= 0.6 is 0 Å². The summed E-state index contributed by atoms with van der Waals surface area (Å²) in [6.45, 7) is 36.6. The van der Waals surface area contributed by atoms with E-state index in [1.807, 2.05) is 24.3 Å². The van der Waals surface area contributed by atoms with Crippen molar-refractivity contribution in [1.29, 1.82) is 0 Å². The number of nitrogens with one attached hydrogen (secondary N) is 1. The van der Waals surface area contributed by atoms with Crippen LogP contribution in [-0.2, 0) is 63.0 Å². The summed E-state index contributed by atoms with van der Waals surface area (Å²) in [5.41, 5.74) is 2.51. The number of aryl methyl sites for hydroxylation is 2. The Morgan fingerprint density at radius 3 is 0.966 bits per heavy atom. The third-order valence-corrected chi connectivity index (χ3v) is 9.00. The predicted octanol–water partition coefficient (Wildman–Crippen LogP) is 10.7. The molecule has 0 atom stereocenters. The number of benzene rings is 2. The SMILES string of the molecule is CC(C)(C)OC(=O)Oc1c(C(C)(C)C)cc(CCC(=O)OCCNCCOC(=O)CCc2cc(C(C)(C)C)c(OC(=O)OC(C)(C)C)c(C(C)(C)C)c2)cc1C(C)(C)C. The number of esters is 2. The first-order valence-electron chi connectivity index (χ1n) is 20.9. The predicted molar refractivity (Wildman–Crippen MR) is 233 cm³/mol. The fraction of sp³-hybridized carbons (Fsp3) is 0.667. The Bertz CT molecular complexity index is 1570. The van der Waals surface area contributed by atoms with E-state index in [1.165, 1.54) is 0 Å². The Morgan fingerprint density at radius 1 is 0.458 bits per heavy atom. The van der Waals surface area contributed by atoms with Gasteiger partial charge in [0.1, 0.15) is 35.9 Å². The fourth-order valence-corrected chi connectivity index (χ4v) is 6.06. The molecule has 2 aromatic carbocycles. The van der Waals surface area contributed by atoms with Gasteiger partial charge in [-0.3, -0.25) is 9.59 Å². The normalized spacial score (nSPS) is 12.8. The van der Waals surface area contributed by atoms with Crippen LogP contribution in [0.15, 0.2) is 24.3 Å². The number of carbonyl (C=O) groups is 4. The standard InChI is InChI=1S/C48H75NO10/c1-43(2,3)33-27-31(28-34(44(4,5)6)39(33)56-41(52)58-47(13,14)15)19-21-37(50)54-25-23-49-24-26-55-38(51)22-20-32-29-35(45(7,8)9)40(36(30-32)46(10,11)12)57-42(53)59-48(16,17)18/h27-30,49H,19-26H2,1-18H3. The van der Waals surface area contributed by atoms with Gasteiger partial charge in [0, 0.05) is 48.2 Å². The Morgan fingerprint density at radius 2 is 0.729 bits per heavy atom. The van der Waals surface area contributed by atoms with Crippen LogP contribution in [0.25, 0.3) is 0 Å². The molecule has 2 aromatic rings. The molecule has 0 saturated carbocycles. The maximum absolute atomic E-state index is 12.8. The van der Waals surface area contributed by atoms with Gasteiger partial charge < -0.3 is 33.7 Å². The quantitative estimate of drug-likeness (QED) is 0.0844. The van der Waals surface area contributed by atoms with Crippen molar-refractivity contribution in [1.82, 2.24) is 5.32 Å². The molecule has 0 amide bonds. The zero-order chi connectivity index (χ0) is 45.4. The minimum Gasteiger partial charge on any atom is -0.464 e. The van der Waals surface area contributed by atoms with Gasteiger partial charge in [0.05, 0.1) is 0 Å². The second kappa shape index (κ2) is 20.0. The molecule has 0 bridgehead atoms. The van der Waals surface area contributed by atoms with Gasteiger partial charge in [0.2, 0.25) is 0 Å². The number of rotatable bonds is 14. The van der Waals surface area contributed by atoms with Crippen LogP contribution in [0.2, 0.25) is 0 Å². The van der Waals surface area contributed by atoms with Gasteiger partial charge in [-0.05, 0) is 87.2 Å². The molecular weight excluding hydrogens is 751 g/mol. The third kappa shape index (κ3) is 18.0. The van der Waals surface area contributed by atoms with Gasteiger partial charge >= 0.3 is 24.2 Å². The van der Waals surface area contributed by atoms with Crippen LogP contribution in [0.5, 0.6) is 11.5 Å². The first-order valence-corrected chi connectivity index (χ1v) is 20.9. The number of hydrogen-bond donors (Lipinski definition) is 1. The largest absolute Gasteiger partial charge is 0.514 e. The molecule has 0 aliphatic carbocycles. The average Bonchev–Trinajstić information content (AvgIpc) is 3.02. The van der Waals surface area contributed by atoms with Crippen LogP contribution in [0.3, 0.4) is 0 Å². The minimum atomic E-state index is -0.755. The molecule has 0 saturated heterocycles. The molecule has 332 valence electrons. The van der Waals surface area contributed by atoms with E-state index in [0.29, 0.717) is 37.4 Å². The summed E-state index contributed by atoms with van der Waals surface area (Å²) in [6.07, 6.45) is -0.223. The van der Waals surface area contributed by atoms with Crippen molar-refractivity contribution < 1.29 is 47.6 Å². The van der Waals surface area contributed by atoms with Crippen molar-refractivity contribution >= 4 is 24.2 Å². The lowest BCUT2D eigenvalue weighted by atomic mass is 9.78. The van der Waals surface area contributed by atoms with Gasteiger partial charge in [-0.25, -0.2) is 9.59 Å². The van der Waals surface area contributed by atoms with Crippen LogP contribution in [0.1, 0.15) is 171 Å². The van der Waals surface area contributed by atoms with Crippen LogP contribution < -0.4 is 14.8 Å². The van der Waals surface area contributed by atoms with Crippen LogP contribution in [0.4, 0.5) is 9.59 Å². The van der Waals surface area contributed by atoms with E-state index in [1.54, 1.807) is 41.5 Å². The van der Waals surface area contributed by atoms with E-state index in [2.05, 4.69) is 88.4 Å². The Labute approximate surface area is 355 Å². The highest BCUT2D eigenvalue weighted by molar-refractivity contribution is 5.71. The summed E-state index contributed by atoms with van der Waals surface area (Å²) in [5.74, 6) is 0.335. The van der Waals surface area contributed by atoms with E-state index in [0.717, 1.165) is 33.4 Å². The maximum Gasteiger partial charge on any atom is 0.514 e. The zero-order valence-corrected chi connectivity index (χ0v) is 39.5. The maximum atomic E-state index is 12.8. The number of carbonyl (C=O) groups excluding carboxylic acids is 4. The second-order valence-electron chi connectivity index (χ2n) is 21.4. The Hall–Kier alpha value is -4.12. The first kappa shape index (κ1) is 51.0. The molecule has 0 fully saturated rings. The van der Waals surface area contributed by atoms with Crippen molar-refractivity contribution in [3.8, 4) is 11.5 Å². The van der Waals surface area contributed by atoms with Crippen molar-refractivity contribution in [2.75, 3.05) is 26.3 Å². The summed E-state index contributed by atoms with van der Waals surface area (Å²) >= 11 is 0. The van der Waals surface area contributed by atoms with Gasteiger partial charge in [-0.2, -0.15) is 0 Å². The van der Waals surface area contributed by atoms with Crippen molar-refractivity contribution in [3.05, 3.63) is 57.6 Å². The minimum absolute atomic E-state index is 0.176. The summed E-state index contributed by atoms with van der Waals surface area (Å²) in [7, 11) is 0. The molecular formula is C48H75NO10. The van der Waals surface area contributed by atoms with E-state index in [9.17, 15) is 19.2 Å². The number of hydrogen-bond acceptors (Lipinski definition) is 11. The molecule has 0 aliphatic rings. The average molecular weight is 826 g/mol. The fourth-order valence-electron chi connectivity index (χ4n) is 6.06. The van der Waals surface area contributed by atoms with E-state index in [4.69, 9.17) is 28.4 Å². The molecule has 1 N–H and O–H groups in total. The van der Waals surface area contributed by atoms with Crippen molar-refractivity contribution in [3.63, 3.8) is 0 Å². The Balaban J connectivity index is 1.93. The molecule has 0 aliphatic heterocycles. The van der Waals surface area contributed by atoms with E-state index in [-0.39, 0.29) is 59.7 Å². The molecule has 0 spiro atoms. The van der Waals surface area contributed by atoms with Crippen LogP contribution in [0, 0.1) is 0 Å². The third-order valence-electron chi connectivity index (χ3n) is 9.00. The highest BCUT2D eigenvalue weighted by Gasteiger charge is 2.32. The smallest absolute Gasteiger partial charge is 0.464 e. The van der Waals surface area contributed by atoms with Gasteiger partial charge in [-0.1, -0.05) is 107 Å². The molecule has 0 unspecified atom stereocenters. The molecule has 11 heteroatoms. The molecule has 0 aromatic heterocycles. The summed E-state index contributed by atoms with van der Waals surface area (Å²) in [5, 5.41) is 3.15. The zero-order valence-electron chi connectivity index (χ0n) is 39.5. The molecule has 59 heavy (non-hydrogen) atoms. The summed E-state index contributed by atoms with van der Waals surface area (Å²) in [4.78, 5) is 51.0. The summed E-state index contributed by atoms with van der Waals surface area (Å²) < 4.78 is 33.7. The second-order valence-corrected chi connectivity index (χ2v) is 21.4. The lowest BCUT2D eigenvalue weighted by molar-refractivity contribution is -0.143. The van der Waals surface area contributed by atoms with Gasteiger partial charge in [-0.15, -0.1) is 0 Å². The van der Waals surface area contributed by atoms with Crippen molar-refractivity contribution in [2.45, 2.75) is 183 Å². The molecule has 0 heterocycles. The van der Waals surface area contributed by atoms with E-state index < -0.39 is 23.5 Å². The molecule has 0 radical (unpaired) electrons. The first-order chi connectivity index (χ1) is 26.7. The lowest BCUT2D eigenvalue weighted by Crippen LogP contribution is -2.28. The molecule has 11 nitrogen and oxygen atoms in total.